The average molecular weight is 181 g/mol. The van der Waals surface area contributed by atoms with E-state index in [0.29, 0.717) is 12.2 Å². The van der Waals surface area contributed by atoms with Gasteiger partial charge in [0.2, 0.25) is 0 Å². The summed E-state index contributed by atoms with van der Waals surface area (Å²) in [6, 6.07) is 1.87. The van der Waals surface area contributed by atoms with Gasteiger partial charge in [0.15, 0.2) is 0 Å². The molecule has 0 bridgehead atoms. The number of aliphatic hydroxyl groups excluding tert-OH is 1. The van der Waals surface area contributed by atoms with Crippen LogP contribution in [0.2, 0.25) is 0 Å². The molecule has 1 aromatic heterocycles. The first-order valence-corrected chi connectivity index (χ1v) is 4.19. The molecule has 0 unspecified atom stereocenters. The van der Waals surface area contributed by atoms with Gasteiger partial charge < -0.3 is 15.7 Å². The number of anilines is 2. The van der Waals surface area contributed by atoms with Crippen molar-refractivity contribution in [3.63, 3.8) is 0 Å². The summed E-state index contributed by atoms with van der Waals surface area (Å²) >= 11 is 0. The highest BCUT2D eigenvalue weighted by atomic mass is 16.3. The number of rotatable bonds is 3. The van der Waals surface area contributed by atoms with E-state index < -0.39 is 0 Å². The first kappa shape index (κ1) is 9.80. The van der Waals surface area contributed by atoms with E-state index in [-0.39, 0.29) is 6.61 Å². The van der Waals surface area contributed by atoms with Crippen molar-refractivity contribution in [1.82, 2.24) is 4.98 Å². The minimum Gasteiger partial charge on any atom is -0.397 e. The molecule has 4 nitrogen and oxygen atoms in total. The fraction of sp³-hybridized carbons (Fsp3) is 0.444. The Morgan fingerprint density at radius 2 is 2.31 bits per heavy atom. The third kappa shape index (κ3) is 2.32. The third-order valence-corrected chi connectivity index (χ3v) is 1.87. The van der Waals surface area contributed by atoms with Crippen molar-refractivity contribution in [2.75, 3.05) is 30.8 Å². The summed E-state index contributed by atoms with van der Waals surface area (Å²) in [5, 5.41) is 8.75. The van der Waals surface area contributed by atoms with Gasteiger partial charge in [0, 0.05) is 13.6 Å². The van der Waals surface area contributed by atoms with E-state index in [1.165, 1.54) is 0 Å². The molecule has 0 aliphatic carbocycles. The molecule has 13 heavy (non-hydrogen) atoms. The van der Waals surface area contributed by atoms with Crippen LogP contribution in [0.25, 0.3) is 0 Å². The maximum atomic E-state index is 8.75. The van der Waals surface area contributed by atoms with E-state index in [4.69, 9.17) is 10.8 Å². The van der Waals surface area contributed by atoms with E-state index >= 15 is 0 Å². The standard InChI is InChI=1S/C9H15N3O/c1-7-5-8(10)6-11-9(7)12(2)3-4-13/h5-6,13H,3-4,10H2,1-2H3. The lowest BCUT2D eigenvalue weighted by atomic mass is 10.2. The SMILES string of the molecule is Cc1cc(N)cnc1N(C)CCO. The summed E-state index contributed by atoms with van der Waals surface area (Å²) < 4.78 is 0. The second kappa shape index (κ2) is 4.09. The van der Waals surface area contributed by atoms with Gasteiger partial charge in [-0.25, -0.2) is 4.98 Å². The van der Waals surface area contributed by atoms with Crippen LogP contribution in [0.3, 0.4) is 0 Å². The first-order chi connectivity index (χ1) is 6.15. The van der Waals surface area contributed by atoms with Gasteiger partial charge in [-0.05, 0) is 18.6 Å². The molecule has 0 atom stereocenters. The molecule has 0 amide bonds. The number of nitrogens with zero attached hydrogens (tertiary/aromatic N) is 2. The van der Waals surface area contributed by atoms with Gasteiger partial charge in [0.25, 0.3) is 0 Å². The maximum Gasteiger partial charge on any atom is 0.131 e. The predicted molar refractivity (Wildman–Crippen MR) is 53.7 cm³/mol. The monoisotopic (exact) mass is 181 g/mol. The molecule has 1 heterocycles. The zero-order valence-electron chi connectivity index (χ0n) is 7.99. The van der Waals surface area contributed by atoms with Crippen LogP contribution in [0.1, 0.15) is 5.56 Å². The molecule has 0 radical (unpaired) electrons. The zero-order chi connectivity index (χ0) is 9.84. The van der Waals surface area contributed by atoms with E-state index in [0.717, 1.165) is 11.4 Å². The van der Waals surface area contributed by atoms with Gasteiger partial charge in [0.05, 0.1) is 18.5 Å². The van der Waals surface area contributed by atoms with E-state index in [2.05, 4.69) is 4.98 Å². The van der Waals surface area contributed by atoms with Crippen LogP contribution in [0, 0.1) is 6.92 Å². The number of nitrogens with two attached hydrogens (primary N) is 1. The van der Waals surface area contributed by atoms with Gasteiger partial charge in [-0.3, -0.25) is 0 Å². The number of aliphatic hydroxyl groups is 1. The summed E-state index contributed by atoms with van der Waals surface area (Å²) in [4.78, 5) is 6.08. The van der Waals surface area contributed by atoms with Gasteiger partial charge in [-0.2, -0.15) is 0 Å². The molecule has 0 aliphatic heterocycles. The van der Waals surface area contributed by atoms with Crippen molar-refractivity contribution in [2.24, 2.45) is 0 Å². The van der Waals surface area contributed by atoms with Crippen LogP contribution in [0.5, 0.6) is 0 Å². The fourth-order valence-electron chi connectivity index (χ4n) is 1.24. The topological polar surface area (TPSA) is 62.4 Å². The molecule has 72 valence electrons. The highest BCUT2D eigenvalue weighted by molar-refractivity contribution is 5.52. The molecule has 0 saturated carbocycles. The number of nitrogen functional groups attached to an aromatic ring is 1. The quantitative estimate of drug-likeness (QED) is 0.708. The summed E-state index contributed by atoms with van der Waals surface area (Å²) in [5.41, 5.74) is 7.26. The van der Waals surface area contributed by atoms with Crippen LogP contribution in [0.15, 0.2) is 12.3 Å². The molecule has 0 saturated heterocycles. The predicted octanol–water partition coefficient (Wildman–Crippen LogP) is 0.401. The Morgan fingerprint density at radius 1 is 1.62 bits per heavy atom. The van der Waals surface area contributed by atoms with Gasteiger partial charge >= 0.3 is 0 Å². The molecule has 0 spiro atoms. The lowest BCUT2D eigenvalue weighted by Crippen LogP contribution is -2.23. The summed E-state index contributed by atoms with van der Waals surface area (Å²) in [5.74, 6) is 0.864. The number of hydrogen-bond acceptors (Lipinski definition) is 4. The highest BCUT2D eigenvalue weighted by Gasteiger charge is 2.04. The number of hydrogen-bond donors (Lipinski definition) is 2. The van der Waals surface area contributed by atoms with Crippen LogP contribution in [-0.4, -0.2) is 30.3 Å². The second-order valence-corrected chi connectivity index (χ2v) is 3.05. The number of aryl methyl sites for hydroxylation is 1. The molecule has 1 rings (SSSR count). The molecule has 0 aliphatic rings. The van der Waals surface area contributed by atoms with Crippen LogP contribution in [0.4, 0.5) is 11.5 Å². The lowest BCUT2D eigenvalue weighted by Gasteiger charge is -2.18. The van der Waals surface area contributed by atoms with E-state index in [1.54, 1.807) is 6.20 Å². The number of aromatic nitrogens is 1. The molecule has 0 aromatic carbocycles. The Bertz CT molecular complexity index is 288. The van der Waals surface area contributed by atoms with Crippen molar-refractivity contribution in [3.05, 3.63) is 17.8 Å². The van der Waals surface area contributed by atoms with E-state index in [9.17, 15) is 0 Å². The van der Waals surface area contributed by atoms with Crippen LogP contribution >= 0.6 is 0 Å². The molecule has 3 N–H and O–H groups in total. The Hall–Kier alpha value is -1.29. The Labute approximate surface area is 78.0 Å². The van der Waals surface area contributed by atoms with Crippen molar-refractivity contribution in [3.8, 4) is 0 Å². The third-order valence-electron chi connectivity index (χ3n) is 1.87. The molecule has 4 heteroatoms. The largest absolute Gasteiger partial charge is 0.397 e. The first-order valence-electron chi connectivity index (χ1n) is 4.19. The molecular weight excluding hydrogens is 166 g/mol. The number of likely N-dealkylation sites (N-methyl/N-ethyl adjacent to an activating group) is 1. The van der Waals surface area contributed by atoms with E-state index in [1.807, 2.05) is 24.9 Å². The van der Waals surface area contributed by atoms with Crippen LogP contribution in [-0.2, 0) is 0 Å². The smallest absolute Gasteiger partial charge is 0.131 e. The van der Waals surface area contributed by atoms with Gasteiger partial charge in [0.1, 0.15) is 5.82 Å². The average Bonchev–Trinajstić information content (AvgIpc) is 2.04. The second-order valence-electron chi connectivity index (χ2n) is 3.05. The molecule has 1 aromatic rings. The molecule has 0 fully saturated rings. The lowest BCUT2D eigenvalue weighted by molar-refractivity contribution is 0.304. The van der Waals surface area contributed by atoms with Gasteiger partial charge in [-0.15, -0.1) is 0 Å². The van der Waals surface area contributed by atoms with Crippen LogP contribution < -0.4 is 10.6 Å². The minimum atomic E-state index is 0.127. The Morgan fingerprint density at radius 3 is 2.85 bits per heavy atom. The van der Waals surface area contributed by atoms with Crippen molar-refractivity contribution in [2.45, 2.75) is 6.92 Å². The zero-order valence-corrected chi connectivity index (χ0v) is 7.99. The Kier molecular flexibility index (Phi) is 3.08. The highest BCUT2D eigenvalue weighted by Crippen LogP contribution is 2.16. The van der Waals surface area contributed by atoms with Gasteiger partial charge in [-0.1, -0.05) is 0 Å². The maximum absolute atomic E-state index is 8.75. The van der Waals surface area contributed by atoms with Crippen molar-refractivity contribution in [1.29, 1.82) is 0 Å². The number of pyridine rings is 1. The summed E-state index contributed by atoms with van der Waals surface area (Å²) in [6.07, 6.45) is 1.62. The minimum absolute atomic E-state index is 0.127. The summed E-state index contributed by atoms with van der Waals surface area (Å²) in [7, 11) is 1.89. The molecular formula is C9H15N3O. The van der Waals surface area contributed by atoms with Crippen molar-refractivity contribution >= 4 is 11.5 Å². The Balaban J connectivity index is 2.88. The van der Waals surface area contributed by atoms with Crippen molar-refractivity contribution < 1.29 is 5.11 Å². The summed E-state index contributed by atoms with van der Waals surface area (Å²) in [6.45, 7) is 2.66. The normalized spacial score (nSPS) is 10.1. The fourth-order valence-corrected chi connectivity index (χ4v) is 1.24.